The summed E-state index contributed by atoms with van der Waals surface area (Å²) in [5, 5.41) is 0. The van der Waals surface area contributed by atoms with E-state index in [0.29, 0.717) is 11.7 Å². The highest BCUT2D eigenvalue weighted by molar-refractivity contribution is 5.82. The summed E-state index contributed by atoms with van der Waals surface area (Å²) in [5.74, 6) is 1.34. The molecule has 0 amide bonds. The summed E-state index contributed by atoms with van der Waals surface area (Å²) in [5.41, 5.74) is 6.06. The van der Waals surface area contributed by atoms with E-state index in [1.165, 1.54) is 44.9 Å². The van der Waals surface area contributed by atoms with E-state index in [9.17, 15) is 4.79 Å². The van der Waals surface area contributed by atoms with Gasteiger partial charge in [0.25, 0.3) is 0 Å². The van der Waals surface area contributed by atoms with Crippen LogP contribution in [-0.2, 0) is 4.79 Å². The van der Waals surface area contributed by atoms with Crippen LogP contribution >= 0.6 is 0 Å². The number of hydrogen-bond donors (Lipinski definition) is 1. The molecule has 2 nitrogen and oxygen atoms in total. The Labute approximate surface area is 99.0 Å². The van der Waals surface area contributed by atoms with Crippen LogP contribution in [0.3, 0.4) is 0 Å². The lowest BCUT2D eigenvalue weighted by atomic mass is 9.77. The van der Waals surface area contributed by atoms with Gasteiger partial charge in [-0.05, 0) is 18.8 Å². The molecule has 16 heavy (non-hydrogen) atoms. The first-order chi connectivity index (χ1) is 7.77. The van der Waals surface area contributed by atoms with Crippen LogP contribution in [0.1, 0.15) is 64.2 Å². The van der Waals surface area contributed by atoms with Crippen molar-refractivity contribution in [2.75, 3.05) is 0 Å². The number of carbonyl (C=O) groups excluding carboxylic acids is 1. The van der Waals surface area contributed by atoms with Crippen LogP contribution in [-0.4, -0.2) is 11.8 Å². The average Bonchev–Trinajstić information content (AvgIpc) is 2.31. The lowest BCUT2D eigenvalue weighted by molar-refractivity contribution is -0.125. The molecule has 0 aromatic carbocycles. The molecule has 2 rings (SSSR count). The van der Waals surface area contributed by atoms with Crippen molar-refractivity contribution in [1.82, 2.24) is 0 Å². The second kappa shape index (κ2) is 5.81. The molecule has 0 aliphatic heterocycles. The summed E-state index contributed by atoms with van der Waals surface area (Å²) in [6.07, 6.45) is 11.9. The van der Waals surface area contributed by atoms with E-state index in [2.05, 4.69) is 0 Å². The summed E-state index contributed by atoms with van der Waals surface area (Å²) in [6, 6.07) is 0.157. The molecular formula is C14H25NO. The van der Waals surface area contributed by atoms with Gasteiger partial charge in [0, 0.05) is 18.4 Å². The van der Waals surface area contributed by atoms with Crippen molar-refractivity contribution in [2.24, 2.45) is 17.6 Å². The van der Waals surface area contributed by atoms with Crippen LogP contribution in [0.4, 0.5) is 0 Å². The Morgan fingerprint density at radius 1 is 0.938 bits per heavy atom. The maximum absolute atomic E-state index is 12.2. The van der Waals surface area contributed by atoms with Gasteiger partial charge in [0.1, 0.15) is 5.78 Å². The molecule has 0 radical (unpaired) electrons. The molecule has 92 valence electrons. The van der Waals surface area contributed by atoms with Gasteiger partial charge in [-0.3, -0.25) is 4.79 Å². The Morgan fingerprint density at radius 3 is 2.25 bits per heavy atom. The van der Waals surface area contributed by atoms with Crippen LogP contribution in [0.25, 0.3) is 0 Å². The van der Waals surface area contributed by atoms with Gasteiger partial charge < -0.3 is 5.73 Å². The molecule has 0 bridgehead atoms. The largest absolute Gasteiger partial charge is 0.327 e. The van der Waals surface area contributed by atoms with Gasteiger partial charge in [0.15, 0.2) is 0 Å². The molecule has 2 aliphatic rings. The SMILES string of the molecule is NC1CCCCC1C(=O)CC1CCCCC1. The third-order valence-corrected chi connectivity index (χ3v) is 4.45. The van der Waals surface area contributed by atoms with Gasteiger partial charge in [-0.15, -0.1) is 0 Å². The van der Waals surface area contributed by atoms with E-state index in [0.717, 1.165) is 19.3 Å². The van der Waals surface area contributed by atoms with Gasteiger partial charge in [-0.2, -0.15) is 0 Å². The Balaban J connectivity index is 1.81. The average molecular weight is 223 g/mol. The lowest BCUT2D eigenvalue weighted by Crippen LogP contribution is -2.38. The molecular weight excluding hydrogens is 198 g/mol. The van der Waals surface area contributed by atoms with Crippen molar-refractivity contribution >= 4 is 5.78 Å². The summed E-state index contributed by atoms with van der Waals surface area (Å²) in [6.45, 7) is 0. The Hall–Kier alpha value is -0.370. The molecule has 0 saturated heterocycles. The number of Topliss-reactive ketones (excluding diaryl/α,β-unsaturated/α-hetero) is 1. The first-order valence-corrected chi connectivity index (χ1v) is 7.05. The monoisotopic (exact) mass is 223 g/mol. The lowest BCUT2D eigenvalue weighted by Gasteiger charge is -2.29. The van der Waals surface area contributed by atoms with E-state index < -0.39 is 0 Å². The van der Waals surface area contributed by atoms with Crippen LogP contribution < -0.4 is 5.73 Å². The van der Waals surface area contributed by atoms with Gasteiger partial charge in [0.05, 0.1) is 0 Å². The Kier molecular flexibility index (Phi) is 4.39. The molecule has 2 fully saturated rings. The standard InChI is InChI=1S/C14H25NO/c15-13-9-5-4-8-12(13)14(16)10-11-6-2-1-3-7-11/h11-13H,1-10,15H2. The Morgan fingerprint density at radius 2 is 1.56 bits per heavy atom. The third kappa shape index (κ3) is 3.07. The fourth-order valence-electron chi connectivity index (χ4n) is 3.39. The van der Waals surface area contributed by atoms with Gasteiger partial charge >= 0.3 is 0 Å². The molecule has 2 unspecified atom stereocenters. The van der Waals surface area contributed by atoms with Crippen molar-refractivity contribution in [3.05, 3.63) is 0 Å². The maximum Gasteiger partial charge on any atom is 0.137 e. The van der Waals surface area contributed by atoms with Gasteiger partial charge in [-0.1, -0.05) is 44.9 Å². The highest BCUT2D eigenvalue weighted by atomic mass is 16.1. The molecule has 2 N–H and O–H groups in total. The first-order valence-electron chi connectivity index (χ1n) is 7.05. The van der Waals surface area contributed by atoms with E-state index in [-0.39, 0.29) is 12.0 Å². The zero-order valence-corrected chi connectivity index (χ0v) is 10.3. The molecule has 2 heteroatoms. The van der Waals surface area contributed by atoms with Gasteiger partial charge in [-0.25, -0.2) is 0 Å². The van der Waals surface area contributed by atoms with E-state index in [1.54, 1.807) is 0 Å². The van der Waals surface area contributed by atoms with Gasteiger partial charge in [0.2, 0.25) is 0 Å². The van der Waals surface area contributed by atoms with Crippen LogP contribution in [0.5, 0.6) is 0 Å². The van der Waals surface area contributed by atoms with Crippen molar-refractivity contribution in [1.29, 1.82) is 0 Å². The summed E-state index contributed by atoms with van der Waals surface area (Å²) < 4.78 is 0. The zero-order valence-electron chi connectivity index (χ0n) is 10.3. The van der Waals surface area contributed by atoms with Crippen LogP contribution in [0.2, 0.25) is 0 Å². The topological polar surface area (TPSA) is 43.1 Å². The van der Waals surface area contributed by atoms with Crippen molar-refractivity contribution in [3.63, 3.8) is 0 Å². The predicted octanol–water partition coefficient (Wildman–Crippen LogP) is 3.04. The number of rotatable bonds is 3. The minimum atomic E-state index is 0.157. The molecule has 0 aromatic heterocycles. The molecule has 0 spiro atoms. The van der Waals surface area contributed by atoms with Crippen molar-refractivity contribution < 1.29 is 4.79 Å². The normalized spacial score (nSPS) is 32.6. The Bertz CT molecular complexity index is 233. The molecule has 2 atom stereocenters. The van der Waals surface area contributed by atoms with E-state index in [4.69, 9.17) is 5.73 Å². The number of hydrogen-bond acceptors (Lipinski definition) is 2. The van der Waals surface area contributed by atoms with E-state index >= 15 is 0 Å². The predicted molar refractivity (Wildman–Crippen MR) is 66.1 cm³/mol. The number of nitrogens with two attached hydrogens (primary N) is 1. The molecule has 2 aliphatic carbocycles. The van der Waals surface area contributed by atoms with Crippen molar-refractivity contribution in [3.8, 4) is 0 Å². The summed E-state index contributed by atoms with van der Waals surface area (Å²) in [4.78, 5) is 12.2. The number of ketones is 1. The number of carbonyl (C=O) groups is 1. The van der Waals surface area contributed by atoms with Crippen molar-refractivity contribution in [2.45, 2.75) is 70.3 Å². The smallest absolute Gasteiger partial charge is 0.137 e. The second-order valence-electron chi connectivity index (χ2n) is 5.73. The summed E-state index contributed by atoms with van der Waals surface area (Å²) >= 11 is 0. The molecule has 2 saturated carbocycles. The maximum atomic E-state index is 12.2. The highest BCUT2D eigenvalue weighted by Gasteiger charge is 2.29. The van der Waals surface area contributed by atoms with Crippen LogP contribution in [0.15, 0.2) is 0 Å². The fraction of sp³-hybridized carbons (Fsp3) is 0.929. The second-order valence-corrected chi connectivity index (χ2v) is 5.73. The minimum absolute atomic E-state index is 0.157. The first kappa shape index (κ1) is 12.1. The fourth-order valence-corrected chi connectivity index (χ4v) is 3.39. The van der Waals surface area contributed by atoms with Crippen LogP contribution in [0, 0.1) is 11.8 Å². The third-order valence-electron chi connectivity index (χ3n) is 4.45. The molecule has 0 aromatic rings. The highest BCUT2D eigenvalue weighted by Crippen LogP contribution is 2.30. The minimum Gasteiger partial charge on any atom is -0.327 e. The quantitative estimate of drug-likeness (QED) is 0.799. The zero-order chi connectivity index (χ0) is 11.4. The molecule has 0 heterocycles. The van der Waals surface area contributed by atoms with E-state index in [1.807, 2.05) is 0 Å². The summed E-state index contributed by atoms with van der Waals surface area (Å²) in [7, 11) is 0.